The molecule has 4 nitrogen and oxygen atoms in total. The molecule has 1 heterocycles. The van der Waals surface area contributed by atoms with Crippen molar-refractivity contribution in [3.63, 3.8) is 0 Å². The van der Waals surface area contributed by atoms with Gasteiger partial charge in [0.25, 0.3) is 0 Å². The molecular formula is C8H11NO3. The van der Waals surface area contributed by atoms with E-state index in [1.165, 1.54) is 0 Å². The lowest BCUT2D eigenvalue weighted by Gasteiger charge is -2.06. The van der Waals surface area contributed by atoms with E-state index >= 15 is 0 Å². The maximum absolute atomic E-state index is 10.2. The van der Waals surface area contributed by atoms with E-state index in [2.05, 4.69) is 5.73 Å². The first-order valence-corrected chi connectivity index (χ1v) is 3.74. The zero-order valence-electron chi connectivity index (χ0n) is 6.66. The van der Waals surface area contributed by atoms with Crippen LogP contribution in [0.4, 0.5) is 0 Å². The fourth-order valence-corrected chi connectivity index (χ4v) is 1.02. The fourth-order valence-electron chi connectivity index (χ4n) is 1.02. The van der Waals surface area contributed by atoms with E-state index in [4.69, 9.17) is 4.42 Å². The number of aliphatic carboxylic acids is 1. The van der Waals surface area contributed by atoms with Gasteiger partial charge in [0.2, 0.25) is 0 Å². The molecule has 3 N–H and O–H groups in total. The van der Waals surface area contributed by atoms with Gasteiger partial charge in [-0.3, -0.25) is 0 Å². The van der Waals surface area contributed by atoms with Crippen molar-refractivity contribution < 1.29 is 20.1 Å². The SMILES string of the molecule is [NH3+][C@@H](CC(=O)[O-])Cc1ccco1. The Labute approximate surface area is 70.0 Å². The minimum Gasteiger partial charge on any atom is -0.550 e. The summed E-state index contributed by atoms with van der Waals surface area (Å²) < 4.78 is 5.03. The molecule has 12 heavy (non-hydrogen) atoms. The summed E-state index contributed by atoms with van der Waals surface area (Å²) in [6, 6.07) is 3.38. The number of hydrogen-bond donors (Lipinski definition) is 1. The monoisotopic (exact) mass is 169 g/mol. The molecular weight excluding hydrogens is 158 g/mol. The Kier molecular flexibility index (Phi) is 2.88. The molecule has 0 bridgehead atoms. The number of carboxylic acids is 1. The summed E-state index contributed by atoms with van der Waals surface area (Å²) in [5.74, 6) is -0.308. The van der Waals surface area contributed by atoms with Gasteiger partial charge in [0.1, 0.15) is 5.76 Å². The Morgan fingerprint density at radius 1 is 1.75 bits per heavy atom. The number of hydrogen-bond acceptors (Lipinski definition) is 3. The minimum absolute atomic E-state index is 0.0271. The highest BCUT2D eigenvalue weighted by Crippen LogP contribution is 2.03. The van der Waals surface area contributed by atoms with Crippen LogP contribution < -0.4 is 10.8 Å². The van der Waals surface area contributed by atoms with Gasteiger partial charge in [-0.2, -0.15) is 0 Å². The molecule has 0 saturated heterocycles. The van der Waals surface area contributed by atoms with Gasteiger partial charge in [-0.15, -0.1) is 0 Å². The number of carbonyl (C=O) groups is 1. The van der Waals surface area contributed by atoms with E-state index in [-0.39, 0.29) is 12.5 Å². The van der Waals surface area contributed by atoms with Crippen LogP contribution in [-0.4, -0.2) is 12.0 Å². The summed E-state index contributed by atoms with van der Waals surface area (Å²) in [6.45, 7) is 0. The fraction of sp³-hybridized carbons (Fsp3) is 0.375. The van der Waals surface area contributed by atoms with Gasteiger partial charge in [-0.1, -0.05) is 0 Å². The second kappa shape index (κ2) is 3.92. The number of carbonyl (C=O) groups excluding carboxylic acids is 1. The molecule has 1 atom stereocenters. The Morgan fingerprint density at radius 3 is 3.00 bits per heavy atom. The third kappa shape index (κ3) is 2.75. The lowest BCUT2D eigenvalue weighted by molar-refractivity contribution is -0.424. The van der Waals surface area contributed by atoms with Crippen LogP contribution in [0.25, 0.3) is 0 Å². The Hall–Kier alpha value is -1.29. The van der Waals surface area contributed by atoms with Gasteiger partial charge in [0, 0.05) is 12.4 Å². The normalized spacial score (nSPS) is 12.8. The van der Waals surface area contributed by atoms with Crippen molar-refractivity contribution in [2.75, 3.05) is 0 Å². The summed E-state index contributed by atoms with van der Waals surface area (Å²) in [6.07, 6.45) is 2.07. The summed E-state index contributed by atoms with van der Waals surface area (Å²) in [5, 5.41) is 10.2. The minimum atomic E-state index is -1.07. The van der Waals surface area contributed by atoms with Gasteiger partial charge in [0.05, 0.1) is 18.7 Å². The second-order valence-corrected chi connectivity index (χ2v) is 2.73. The van der Waals surface area contributed by atoms with Crippen molar-refractivity contribution in [1.82, 2.24) is 0 Å². The smallest absolute Gasteiger partial charge is 0.109 e. The molecule has 0 aromatic carbocycles. The molecule has 0 aliphatic rings. The second-order valence-electron chi connectivity index (χ2n) is 2.73. The largest absolute Gasteiger partial charge is 0.550 e. The van der Waals surface area contributed by atoms with Crippen LogP contribution in [0.5, 0.6) is 0 Å². The molecule has 0 aliphatic heterocycles. The highest BCUT2D eigenvalue weighted by atomic mass is 16.4. The summed E-state index contributed by atoms with van der Waals surface area (Å²) in [7, 11) is 0. The predicted molar refractivity (Wildman–Crippen MR) is 38.7 cm³/mol. The average Bonchev–Trinajstić information content (AvgIpc) is 2.37. The third-order valence-corrected chi connectivity index (χ3v) is 1.53. The van der Waals surface area contributed by atoms with Gasteiger partial charge >= 0.3 is 0 Å². The first-order chi connectivity index (χ1) is 5.68. The van der Waals surface area contributed by atoms with E-state index in [0.717, 1.165) is 5.76 Å². The van der Waals surface area contributed by atoms with E-state index < -0.39 is 5.97 Å². The van der Waals surface area contributed by atoms with Crippen LogP contribution in [0.15, 0.2) is 22.8 Å². The van der Waals surface area contributed by atoms with Crippen LogP contribution in [0.3, 0.4) is 0 Å². The molecule has 4 heteroatoms. The molecule has 66 valence electrons. The highest BCUT2D eigenvalue weighted by Gasteiger charge is 2.09. The first kappa shape index (κ1) is 8.80. The summed E-state index contributed by atoms with van der Waals surface area (Å²) in [4.78, 5) is 10.2. The number of rotatable bonds is 4. The van der Waals surface area contributed by atoms with Crippen molar-refractivity contribution in [3.05, 3.63) is 24.2 Å². The molecule has 0 saturated carbocycles. The molecule has 0 aliphatic carbocycles. The van der Waals surface area contributed by atoms with Gasteiger partial charge in [-0.25, -0.2) is 0 Å². The van der Waals surface area contributed by atoms with Crippen molar-refractivity contribution in [2.45, 2.75) is 18.9 Å². The molecule has 1 aromatic heterocycles. The van der Waals surface area contributed by atoms with Gasteiger partial charge < -0.3 is 20.1 Å². The van der Waals surface area contributed by atoms with E-state index in [0.29, 0.717) is 6.42 Å². The van der Waals surface area contributed by atoms with E-state index in [1.807, 2.05) is 0 Å². The summed E-state index contributed by atoms with van der Waals surface area (Å²) >= 11 is 0. The Morgan fingerprint density at radius 2 is 2.50 bits per heavy atom. The van der Waals surface area contributed by atoms with Crippen molar-refractivity contribution >= 4 is 5.97 Å². The Bertz CT molecular complexity index is 243. The molecule has 0 spiro atoms. The molecule has 0 radical (unpaired) electrons. The van der Waals surface area contributed by atoms with Crippen LogP contribution in [0.1, 0.15) is 12.2 Å². The Balaban J connectivity index is 2.36. The number of quaternary nitrogens is 1. The zero-order chi connectivity index (χ0) is 8.97. The first-order valence-electron chi connectivity index (χ1n) is 3.74. The quantitative estimate of drug-likeness (QED) is 0.600. The molecule has 1 aromatic rings. The maximum Gasteiger partial charge on any atom is 0.109 e. The standard InChI is InChI=1S/C8H11NO3/c9-6(5-8(10)11)4-7-2-1-3-12-7/h1-3,6H,4-5,9H2,(H,10,11)/t6-/m1/s1. The summed E-state index contributed by atoms with van der Waals surface area (Å²) in [5.41, 5.74) is 3.67. The topological polar surface area (TPSA) is 80.9 Å². The van der Waals surface area contributed by atoms with E-state index in [9.17, 15) is 9.90 Å². The number of carboxylic acid groups (broad SMARTS) is 1. The van der Waals surface area contributed by atoms with Crippen LogP contribution >= 0.6 is 0 Å². The maximum atomic E-state index is 10.2. The molecule has 0 amide bonds. The van der Waals surface area contributed by atoms with Crippen LogP contribution in [0, 0.1) is 0 Å². The van der Waals surface area contributed by atoms with Crippen molar-refractivity contribution in [1.29, 1.82) is 0 Å². The molecule has 1 rings (SSSR count). The molecule has 0 fully saturated rings. The lowest BCUT2D eigenvalue weighted by Crippen LogP contribution is -2.63. The lowest BCUT2D eigenvalue weighted by atomic mass is 10.1. The van der Waals surface area contributed by atoms with Gasteiger partial charge in [0.15, 0.2) is 0 Å². The van der Waals surface area contributed by atoms with Gasteiger partial charge in [-0.05, 0) is 12.1 Å². The van der Waals surface area contributed by atoms with Crippen molar-refractivity contribution in [3.8, 4) is 0 Å². The number of furan rings is 1. The highest BCUT2D eigenvalue weighted by molar-refractivity contribution is 5.64. The molecule has 0 unspecified atom stereocenters. The third-order valence-electron chi connectivity index (χ3n) is 1.53. The van der Waals surface area contributed by atoms with Crippen LogP contribution in [0.2, 0.25) is 0 Å². The zero-order valence-corrected chi connectivity index (χ0v) is 6.66. The van der Waals surface area contributed by atoms with Crippen LogP contribution in [-0.2, 0) is 11.2 Å². The average molecular weight is 169 g/mol. The van der Waals surface area contributed by atoms with Crippen molar-refractivity contribution in [2.24, 2.45) is 0 Å². The van der Waals surface area contributed by atoms with E-state index in [1.54, 1.807) is 18.4 Å². The predicted octanol–water partition coefficient (Wildman–Crippen LogP) is -1.43.